The summed E-state index contributed by atoms with van der Waals surface area (Å²) in [5, 5.41) is 17.4. The van der Waals surface area contributed by atoms with Gasteiger partial charge in [0, 0.05) is 18.1 Å². The lowest BCUT2D eigenvalue weighted by Crippen LogP contribution is -2.13. The molecule has 3 rings (SSSR count). The van der Waals surface area contributed by atoms with Gasteiger partial charge in [0.2, 0.25) is 0 Å². The number of phenols is 1. The Kier molecular flexibility index (Phi) is 3.10. The Labute approximate surface area is 121 Å². The van der Waals surface area contributed by atoms with Crippen molar-refractivity contribution >= 4 is 22.5 Å². The van der Waals surface area contributed by atoms with Crippen molar-refractivity contribution in [1.29, 1.82) is 0 Å². The third-order valence-electron chi connectivity index (χ3n) is 3.43. The van der Waals surface area contributed by atoms with Gasteiger partial charge in [-0.2, -0.15) is 5.10 Å². The highest BCUT2D eigenvalue weighted by molar-refractivity contribution is 6.11. The molecule has 1 amide bonds. The number of carbonyl (C=O) groups is 1. The zero-order valence-corrected chi connectivity index (χ0v) is 11.8. The summed E-state index contributed by atoms with van der Waals surface area (Å²) in [4.78, 5) is 12.4. The first kappa shape index (κ1) is 13.2. The number of rotatable bonds is 2. The maximum atomic E-state index is 12.4. The van der Waals surface area contributed by atoms with E-state index in [0.717, 1.165) is 10.9 Å². The Hall–Kier alpha value is -2.82. The van der Waals surface area contributed by atoms with Crippen LogP contribution >= 0.6 is 0 Å². The Morgan fingerprint density at radius 2 is 2.00 bits per heavy atom. The van der Waals surface area contributed by atoms with E-state index in [4.69, 9.17) is 0 Å². The number of phenolic OH excluding ortho intramolecular Hbond substituents is 1. The summed E-state index contributed by atoms with van der Waals surface area (Å²) in [7, 11) is 1.81. The first-order valence-corrected chi connectivity index (χ1v) is 6.59. The highest BCUT2D eigenvalue weighted by atomic mass is 16.3. The van der Waals surface area contributed by atoms with Gasteiger partial charge in [0.15, 0.2) is 5.69 Å². The summed E-state index contributed by atoms with van der Waals surface area (Å²) in [5.41, 5.74) is 2.63. The summed E-state index contributed by atoms with van der Waals surface area (Å²) in [6.45, 7) is 1.78. The monoisotopic (exact) mass is 281 g/mol. The minimum Gasteiger partial charge on any atom is -0.508 e. The van der Waals surface area contributed by atoms with Crippen LogP contribution in [-0.4, -0.2) is 20.8 Å². The molecule has 5 heteroatoms. The normalized spacial score (nSPS) is 10.8. The van der Waals surface area contributed by atoms with Crippen molar-refractivity contribution in [3.63, 3.8) is 0 Å². The Bertz CT molecular complexity index is 837. The quantitative estimate of drug-likeness (QED) is 0.710. The molecule has 2 aromatic carbocycles. The summed E-state index contributed by atoms with van der Waals surface area (Å²) in [6, 6.07) is 12.5. The van der Waals surface area contributed by atoms with E-state index in [1.165, 1.54) is 0 Å². The van der Waals surface area contributed by atoms with Crippen molar-refractivity contribution in [2.45, 2.75) is 6.92 Å². The standard InChI is InChI=1S/C16H15N3O2/c1-10-9-11(7-8-14(10)20)17-16(21)15-12-5-3-4-6-13(12)19(2)18-15/h3-9,20H,1-2H3,(H,17,21). The fraction of sp³-hybridized carbons (Fsp3) is 0.125. The van der Waals surface area contributed by atoms with Gasteiger partial charge in [-0.3, -0.25) is 9.48 Å². The molecule has 1 aromatic heterocycles. The molecule has 1 heterocycles. The number of para-hydroxylation sites is 1. The number of nitrogens with one attached hydrogen (secondary N) is 1. The van der Waals surface area contributed by atoms with Gasteiger partial charge in [-0.15, -0.1) is 0 Å². The maximum Gasteiger partial charge on any atom is 0.276 e. The highest BCUT2D eigenvalue weighted by Crippen LogP contribution is 2.22. The maximum absolute atomic E-state index is 12.4. The van der Waals surface area contributed by atoms with Crippen LogP contribution in [0.3, 0.4) is 0 Å². The van der Waals surface area contributed by atoms with E-state index in [1.54, 1.807) is 29.8 Å². The average Bonchev–Trinajstić information content (AvgIpc) is 2.81. The molecule has 0 saturated carbocycles. The van der Waals surface area contributed by atoms with E-state index in [2.05, 4.69) is 10.4 Å². The van der Waals surface area contributed by atoms with Crippen molar-refractivity contribution in [2.24, 2.45) is 7.05 Å². The number of hydrogen-bond donors (Lipinski definition) is 2. The lowest BCUT2D eigenvalue weighted by molar-refractivity contribution is 0.102. The lowest BCUT2D eigenvalue weighted by Gasteiger charge is -2.05. The Morgan fingerprint density at radius 3 is 2.76 bits per heavy atom. The second-order valence-electron chi connectivity index (χ2n) is 4.94. The number of fused-ring (bicyclic) bond motifs is 1. The van der Waals surface area contributed by atoms with Crippen molar-refractivity contribution in [1.82, 2.24) is 9.78 Å². The number of amides is 1. The summed E-state index contributed by atoms with van der Waals surface area (Å²) < 4.78 is 1.69. The molecule has 0 aliphatic heterocycles. The fourth-order valence-electron chi connectivity index (χ4n) is 2.31. The minimum absolute atomic E-state index is 0.205. The molecule has 0 bridgehead atoms. The van der Waals surface area contributed by atoms with Crippen LogP contribution in [0, 0.1) is 6.92 Å². The second-order valence-corrected chi connectivity index (χ2v) is 4.94. The van der Waals surface area contributed by atoms with Crippen LogP contribution in [0.4, 0.5) is 5.69 Å². The molecule has 0 aliphatic carbocycles. The molecule has 3 aromatic rings. The van der Waals surface area contributed by atoms with E-state index in [-0.39, 0.29) is 11.7 Å². The molecule has 0 radical (unpaired) electrons. The van der Waals surface area contributed by atoms with Crippen LogP contribution in [-0.2, 0) is 7.05 Å². The van der Waals surface area contributed by atoms with Gasteiger partial charge < -0.3 is 10.4 Å². The van der Waals surface area contributed by atoms with Crippen LogP contribution in [0.5, 0.6) is 5.75 Å². The van der Waals surface area contributed by atoms with Crippen LogP contribution in [0.25, 0.3) is 10.9 Å². The molecule has 0 atom stereocenters. The van der Waals surface area contributed by atoms with E-state index in [9.17, 15) is 9.90 Å². The van der Waals surface area contributed by atoms with Gasteiger partial charge in [0.1, 0.15) is 5.75 Å². The van der Waals surface area contributed by atoms with E-state index in [0.29, 0.717) is 16.9 Å². The van der Waals surface area contributed by atoms with Crippen molar-refractivity contribution in [3.05, 3.63) is 53.7 Å². The predicted octanol–water partition coefficient (Wildman–Crippen LogP) is 2.84. The number of nitrogens with zero attached hydrogens (tertiary/aromatic N) is 2. The summed E-state index contributed by atoms with van der Waals surface area (Å²) >= 11 is 0. The smallest absolute Gasteiger partial charge is 0.276 e. The zero-order valence-electron chi connectivity index (χ0n) is 11.8. The van der Waals surface area contributed by atoms with E-state index < -0.39 is 0 Å². The van der Waals surface area contributed by atoms with Crippen LogP contribution in [0.15, 0.2) is 42.5 Å². The molecule has 0 fully saturated rings. The molecule has 0 aliphatic rings. The molecule has 5 nitrogen and oxygen atoms in total. The SMILES string of the molecule is Cc1cc(NC(=O)c2nn(C)c3ccccc23)ccc1O. The van der Waals surface area contributed by atoms with Gasteiger partial charge in [0.25, 0.3) is 5.91 Å². The van der Waals surface area contributed by atoms with E-state index in [1.807, 2.05) is 31.3 Å². The molecule has 0 saturated heterocycles. The van der Waals surface area contributed by atoms with Crippen molar-refractivity contribution in [3.8, 4) is 5.75 Å². The fourth-order valence-corrected chi connectivity index (χ4v) is 2.31. The number of benzene rings is 2. The average molecular weight is 281 g/mol. The van der Waals surface area contributed by atoms with Gasteiger partial charge in [-0.05, 0) is 36.8 Å². The minimum atomic E-state index is -0.267. The van der Waals surface area contributed by atoms with Gasteiger partial charge >= 0.3 is 0 Å². The van der Waals surface area contributed by atoms with Crippen molar-refractivity contribution < 1.29 is 9.90 Å². The molecule has 2 N–H and O–H groups in total. The number of aryl methyl sites for hydroxylation is 2. The number of aromatic hydroxyl groups is 1. The van der Waals surface area contributed by atoms with Crippen LogP contribution in [0.1, 0.15) is 16.1 Å². The number of hydrogen-bond acceptors (Lipinski definition) is 3. The Morgan fingerprint density at radius 1 is 1.24 bits per heavy atom. The van der Waals surface area contributed by atoms with Crippen LogP contribution < -0.4 is 5.32 Å². The second kappa shape index (κ2) is 4.94. The molecule has 106 valence electrons. The van der Waals surface area contributed by atoms with Gasteiger partial charge in [0.05, 0.1) is 5.52 Å². The summed E-state index contributed by atoms with van der Waals surface area (Å²) in [6.07, 6.45) is 0. The third-order valence-corrected chi connectivity index (χ3v) is 3.43. The highest BCUT2D eigenvalue weighted by Gasteiger charge is 2.15. The number of aromatic nitrogens is 2. The third kappa shape index (κ3) is 2.33. The zero-order chi connectivity index (χ0) is 15.0. The van der Waals surface area contributed by atoms with Crippen LogP contribution in [0.2, 0.25) is 0 Å². The largest absolute Gasteiger partial charge is 0.508 e. The molecule has 0 unspecified atom stereocenters. The molecular formula is C16H15N3O2. The van der Waals surface area contributed by atoms with Gasteiger partial charge in [-0.1, -0.05) is 18.2 Å². The van der Waals surface area contributed by atoms with E-state index >= 15 is 0 Å². The van der Waals surface area contributed by atoms with Gasteiger partial charge in [-0.25, -0.2) is 0 Å². The first-order chi connectivity index (χ1) is 10.1. The Balaban J connectivity index is 1.95. The topological polar surface area (TPSA) is 67.2 Å². The van der Waals surface area contributed by atoms with Crippen molar-refractivity contribution in [2.75, 3.05) is 5.32 Å². The first-order valence-electron chi connectivity index (χ1n) is 6.59. The predicted molar refractivity (Wildman–Crippen MR) is 81.5 cm³/mol. The molecule has 0 spiro atoms. The number of carbonyl (C=O) groups excluding carboxylic acids is 1. The molecule has 21 heavy (non-hydrogen) atoms. The lowest BCUT2D eigenvalue weighted by atomic mass is 10.2. The summed E-state index contributed by atoms with van der Waals surface area (Å²) in [5.74, 6) is -0.0619. The molecular weight excluding hydrogens is 266 g/mol. The number of anilines is 1.